The van der Waals surface area contributed by atoms with Crippen molar-refractivity contribution in [3.63, 3.8) is 0 Å². The van der Waals surface area contributed by atoms with E-state index in [4.69, 9.17) is 9.47 Å². The highest BCUT2D eigenvalue weighted by atomic mass is 16.6. The van der Waals surface area contributed by atoms with Gasteiger partial charge in [0.05, 0.1) is 30.1 Å². The predicted octanol–water partition coefficient (Wildman–Crippen LogP) is 1.35. The average Bonchev–Trinajstić information content (AvgIpc) is 2.87. The molecule has 0 bridgehead atoms. The molecule has 1 aromatic carbocycles. The first kappa shape index (κ1) is 18.8. The van der Waals surface area contributed by atoms with Crippen molar-refractivity contribution in [3.05, 3.63) is 51.4 Å². The molecule has 0 radical (unpaired) electrons. The first-order chi connectivity index (χ1) is 12.8. The molecule has 1 N–H and O–H groups in total. The van der Waals surface area contributed by atoms with Gasteiger partial charge in [-0.25, -0.2) is 4.79 Å². The molecule has 4 atom stereocenters. The highest BCUT2D eigenvalue weighted by Crippen LogP contribution is 2.47. The Bertz CT molecular complexity index is 816. The van der Waals surface area contributed by atoms with Gasteiger partial charge < -0.3 is 14.6 Å². The van der Waals surface area contributed by atoms with Crippen molar-refractivity contribution in [2.45, 2.75) is 32.6 Å². The molecule has 1 saturated heterocycles. The van der Waals surface area contributed by atoms with E-state index in [9.17, 15) is 24.8 Å². The fourth-order valence-corrected chi connectivity index (χ4v) is 3.72. The van der Waals surface area contributed by atoms with Gasteiger partial charge >= 0.3 is 5.97 Å². The predicted molar refractivity (Wildman–Crippen MR) is 91.9 cm³/mol. The van der Waals surface area contributed by atoms with E-state index in [1.165, 1.54) is 36.3 Å². The number of rotatable bonds is 6. The number of aliphatic hydroxyl groups excluding tert-OH is 1. The van der Waals surface area contributed by atoms with Gasteiger partial charge in [-0.15, -0.1) is 0 Å². The number of nitrogens with zero attached hydrogens (tertiary/aromatic N) is 2. The van der Waals surface area contributed by atoms with Gasteiger partial charge in [-0.05, 0) is 24.6 Å². The van der Waals surface area contributed by atoms with Crippen LogP contribution < -0.4 is 0 Å². The van der Waals surface area contributed by atoms with Crippen molar-refractivity contribution in [2.24, 2.45) is 11.8 Å². The molecule has 9 heteroatoms. The summed E-state index contributed by atoms with van der Waals surface area (Å²) in [5.74, 6) is -1.52. The number of nitro groups is 1. The molecule has 1 aromatic rings. The van der Waals surface area contributed by atoms with Gasteiger partial charge in [0.1, 0.15) is 12.4 Å². The minimum atomic E-state index is -0.824. The number of β-lactam (4-membered cyclic amide) rings is 1. The molecule has 0 unspecified atom stereocenters. The third-order valence-electron chi connectivity index (χ3n) is 5.04. The summed E-state index contributed by atoms with van der Waals surface area (Å²) in [5, 5.41) is 20.5. The van der Waals surface area contributed by atoms with E-state index in [1.807, 2.05) is 6.92 Å². The van der Waals surface area contributed by atoms with Crippen LogP contribution in [0.3, 0.4) is 0 Å². The molecule has 1 amide bonds. The van der Waals surface area contributed by atoms with Crippen LogP contribution in [-0.2, 0) is 25.7 Å². The molecule has 0 saturated carbocycles. The number of ether oxygens (including phenoxy) is 2. The first-order valence-corrected chi connectivity index (χ1v) is 8.47. The zero-order valence-electron chi connectivity index (χ0n) is 15.1. The molecular formula is C18H20N2O7. The molecule has 2 heterocycles. The summed E-state index contributed by atoms with van der Waals surface area (Å²) in [6.45, 7) is 3.27. The van der Waals surface area contributed by atoms with Gasteiger partial charge in [0.15, 0.2) is 5.70 Å². The number of esters is 1. The number of methoxy groups -OCH3 is 1. The zero-order chi connectivity index (χ0) is 19.9. The smallest absolute Gasteiger partial charge is 0.358 e. The summed E-state index contributed by atoms with van der Waals surface area (Å²) >= 11 is 0. The minimum Gasteiger partial charge on any atom is -0.498 e. The quantitative estimate of drug-likeness (QED) is 0.344. The van der Waals surface area contributed by atoms with E-state index in [1.54, 1.807) is 6.92 Å². The van der Waals surface area contributed by atoms with Crippen LogP contribution in [0.1, 0.15) is 19.4 Å². The average molecular weight is 376 g/mol. The summed E-state index contributed by atoms with van der Waals surface area (Å²) in [4.78, 5) is 36.5. The van der Waals surface area contributed by atoms with Gasteiger partial charge in [0.25, 0.3) is 5.69 Å². The van der Waals surface area contributed by atoms with Gasteiger partial charge in [0.2, 0.25) is 5.91 Å². The first-order valence-electron chi connectivity index (χ1n) is 8.47. The molecule has 3 rings (SSSR count). The van der Waals surface area contributed by atoms with E-state index in [2.05, 4.69) is 0 Å². The molecule has 144 valence electrons. The number of amides is 1. The SMILES string of the molecule is COC1=C(C(=O)OCc2ccc([N+](=O)[O-])cc2)N2C(=O)[C@H]([C@@H](C)O)[C@H]2[C@H]1C. The second kappa shape index (κ2) is 6.99. The van der Waals surface area contributed by atoms with Crippen molar-refractivity contribution in [1.82, 2.24) is 4.90 Å². The molecular weight excluding hydrogens is 356 g/mol. The van der Waals surface area contributed by atoms with Crippen LogP contribution in [0.4, 0.5) is 5.69 Å². The Morgan fingerprint density at radius 2 is 2.00 bits per heavy atom. The Morgan fingerprint density at radius 1 is 1.37 bits per heavy atom. The molecule has 0 aromatic heterocycles. The number of nitro benzene ring substituents is 1. The third kappa shape index (κ3) is 3.03. The van der Waals surface area contributed by atoms with Crippen LogP contribution in [0.2, 0.25) is 0 Å². The lowest BCUT2D eigenvalue weighted by Gasteiger charge is -2.46. The summed E-state index contributed by atoms with van der Waals surface area (Å²) in [5.41, 5.74) is 0.573. The number of fused-ring (bicyclic) bond motifs is 1. The molecule has 2 aliphatic heterocycles. The van der Waals surface area contributed by atoms with Gasteiger partial charge in [-0.2, -0.15) is 0 Å². The van der Waals surface area contributed by atoms with E-state index in [0.717, 1.165) is 0 Å². The Labute approximate surface area is 155 Å². The lowest BCUT2D eigenvalue weighted by molar-refractivity contribution is -0.384. The number of aliphatic hydroxyl groups is 1. The van der Waals surface area contributed by atoms with Gasteiger partial charge in [-0.3, -0.25) is 19.8 Å². The van der Waals surface area contributed by atoms with Crippen LogP contribution in [0.5, 0.6) is 0 Å². The Morgan fingerprint density at radius 3 is 2.52 bits per heavy atom. The van der Waals surface area contributed by atoms with Crippen molar-refractivity contribution in [1.29, 1.82) is 0 Å². The Balaban J connectivity index is 1.74. The molecule has 27 heavy (non-hydrogen) atoms. The zero-order valence-corrected chi connectivity index (χ0v) is 15.1. The lowest BCUT2D eigenvalue weighted by Crippen LogP contribution is -2.63. The van der Waals surface area contributed by atoms with E-state index in [0.29, 0.717) is 11.3 Å². The summed E-state index contributed by atoms with van der Waals surface area (Å²) in [6, 6.07) is 5.30. The van der Waals surface area contributed by atoms with Crippen LogP contribution in [0.15, 0.2) is 35.7 Å². The summed E-state index contributed by atoms with van der Waals surface area (Å²) in [6.07, 6.45) is -0.824. The third-order valence-corrected chi connectivity index (χ3v) is 5.04. The number of hydrogen-bond donors (Lipinski definition) is 1. The number of carbonyl (C=O) groups excluding carboxylic acids is 2. The molecule has 2 aliphatic rings. The second-order valence-electron chi connectivity index (χ2n) is 6.67. The summed E-state index contributed by atoms with van der Waals surface area (Å²) in [7, 11) is 1.42. The highest BCUT2D eigenvalue weighted by molar-refractivity contribution is 6.00. The Hall–Kier alpha value is -2.94. The maximum atomic E-state index is 12.6. The topological polar surface area (TPSA) is 119 Å². The maximum Gasteiger partial charge on any atom is 0.358 e. The number of non-ortho nitro benzene ring substituents is 1. The van der Waals surface area contributed by atoms with Crippen molar-refractivity contribution >= 4 is 17.6 Å². The van der Waals surface area contributed by atoms with Crippen LogP contribution in [0, 0.1) is 22.0 Å². The van der Waals surface area contributed by atoms with Crippen molar-refractivity contribution in [3.8, 4) is 0 Å². The second-order valence-corrected chi connectivity index (χ2v) is 6.67. The number of benzene rings is 1. The number of carbonyl (C=O) groups is 2. The van der Waals surface area contributed by atoms with Gasteiger partial charge in [0, 0.05) is 18.1 Å². The monoisotopic (exact) mass is 376 g/mol. The Kier molecular flexibility index (Phi) is 4.88. The highest BCUT2D eigenvalue weighted by Gasteiger charge is 2.60. The maximum absolute atomic E-state index is 12.6. The molecule has 0 spiro atoms. The largest absolute Gasteiger partial charge is 0.498 e. The van der Waals surface area contributed by atoms with Crippen molar-refractivity contribution < 1.29 is 29.1 Å². The van der Waals surface area contributed by atoms with Crippen LogP contribution in [-0.4, -0.2) is 46.1 Å². The number of hydrogen-bond acceptors (Lipinski definition) is 7. The lowest BCUT2D eigenvalue weighted by atomic mass is 9.79. The molecule has 0 aliphatic carbocycles. The fraction of sp³-hybridized carbons (Fsp3) is 0.444. The fourth-order valence-electron chi connectivity index (χ4n) is 3.72. The standard InChI is InChI=1S/C18H20N2O7/c1-9-14-13(10(2)21)17(22)19(14)15(16(9)26-3)18(23)27-8-11-4-6-12(7-5-11)20(24)25/h4-7,9-10,13-14,21H,8H2,1-3H3/t9-,10-,13-,14-/m1/s1. The molecule has 9 nitrogen and oxygen atoms in total. The van der Waals surface area contributed by atoms with E-state index >= 15 is 0 Å². The normalized spacial score (nSPS) is 25.0. The molecule has 1 fully saturated rings. The van der Waals surface area contributed by atoms with E-state index in [-0.39, 0.29) is 35.9 Å². The van der Waals surface area contributed by atoms with Crippen molar-refractivity contribution in [2.75, 3.05) is 7.11 Å². The van der Waals surface area contributed by atoms with Crippen LogP contribution in [0.25, 0.3) is 0 Å². The van der Waals surface area contributed by atoms with Crippen LogP contribution >= 0.6 is 0 Å². The minimum absolute atomic E-state index is 0.0545. The van der Waals surface area contributed by atoms with Gasteiger partial charge in [-0.1, -0.05) is 6.92 Å². The van der Waals surface area contributed by atoms with E-state index < -0.39 is 22.9 Å². The summed E-state index contributed by atoms with van der Waals surface area (Å²) < 4.78 is 10.6.